The van der Waals surface area contributed by atoms with Crippen LogP contribution in [0.25, 0.3) is 10.9 Å². The molecule has 3 rings (SSSR count). The molecule has 0 aliphatic heterocycles. The summed E-state index contributed by atoms with van der Waals surface area (Å²) in [4.78, 5) is 15.5. The number of aromatic amines is 1. The Morgan fingerprint density at radius 2 is 1.92 bits per heavy atom. The molecule has 0 aliphatic carbocycles. The van der Waals surface area contributed by atoms with Gasteiger partial charge in [0.1, 0.15) is 11.5 Å². The van der Waals surface area contributed by atoms with E-state index < -0.39 is 0 Å². The number of hydrogen-bond acceptors (Lipinski definition) is 3. The Labute approximate surface area is 150 Å². The maximum absolute atomic E-state index is 12.3. The molecule has 6 heteroatoms. The molecule has 0 atom stereocenters. The van der Waals surface area contributed by atoms with Gasteiger partial charge >= 0.3 is 0 Å². The van der Waals surface area contributed by atoms with E-state index >= 15 is 0 Å². The molecule has 0 saturated heterocycles. The van der Waals surface area contributed by atoms with Crippen molar-refractivity contribution in [3.8, 4) is 11.5 Å². The van der Waals surface area contributed by atoms with E-state index in [9.17, 15) is 4.79 Å². The molecule has 1 aromatic heterocycles. The first-order valence-electron chi connectivity index (χ1n) is 7.88. The summed E-state index contributed by atoms with van der Waals surface area (Å²) >= 11 is 6.13. The standard InChI is InChI=1S/C19H19ClN2O3/c1-24-17-10-18(25-2)16(9-14(17)20)22-19(23)8-7-12-11-21-15-6-4-3-5-13(12)15/h3-6,9-11,21H,7-8H2,1-2H3,(H,22,23). The lowest BCUT2D eigenvalue weighted by Crippen LogP contribution is -2.13. The number of rotatable bonds is 6. The quantitative estimate of drug-likeness (QED) is 0.686. The van der Waals surface area contributed by atoms with Gasteiger partial charge in [0.2, 0.25) is 5.91 Å². The number of nitrogens with one attached hydrogen (secondary N) is 2. The van der Waals surface area contributed by atoms with E-state index in [1.165, 1.54) is 14.2 Å². The lowest BCUT2D eigenvalue weighted by atomic mass is 10.1. The number of hydrogen-bond donors (Lipinski definition) is 2. The van der Waals surface area contributed by atoms with Crippen molar-refractivity contribution in [2.75, 3.05) is 19.5 Å². The molecule has 3 aromatic rings. The topological polar surface area (TPSA) is 63.4 Å². The fraction of sp³-hybridized carbons (Fsp3) is 0.211. The van der Waals surface area contributed by atoms with Crippen molar-refractivity contribution in [2.45, 2.75) is 12.8 Å². The van der Waals surface area contributed by atoms with Crippen LogP contribution in [0.1, 0.15) is 12.0 Å². The molecule has 0 spiro atoms. The maximum Gasteiger partial charge on any atom is 0.224 e. The lowest BCUT2D eigenvalue weighted by Gasteiger charge is -2.13. The average molecular weight is 359 g/mol. The molecule has 2 aromatic carbocycles. The van der Waals surface area contributed by atoms with Crippen molar-refractivity contribution in [3.05, 3.63) is 53.2 Å². The van der Waals surface area contributed by atoms with Crippen LogP contribution in [0, 0.1) is 0 Å². The van der Waals surface area contributed by atoms with E-state index in [4.69, 9.17) is 21.1 Å². The molecule has 0 aliphatic rings. The van der Waals surface area contributed by atoms with E-state index in [-0.39, 0.29) is 5.91 Å². The highest BCUT2D eigenvalue weighted by molar-refractivity contribution is 6.32. The van der Waals surface area contributed by atoms with E-state index in [2.05, 4.69) is 10.3 Å². The van der Waals surface area contributed by atoms with Crippen LogP contribution in [0.2, 0.25) is 5.02 Å². The Bertz CT molecular complexity index is 905. The molecule has 1 heterocycles. The Kier molecular flexibility index (Phi) is 5.14. The fourth-order valence-corrected chi connectivity index (χ4v) is 3.00. The van der Waals surface area contributed by atoms with Crippen LogP contribution < -0.4 is 14.8 Å². The van der Waals surface area contributed by atoms with Crippen LogP contribution in [-0.2, 0) is 11.2 Å². The van der Waals surface area contributed by atoms with Crippen LogP contribution in [0.5, 0.6) is 11.5 Å². The minimum atomic E-state index is -0.107. The molecule has 2 N–H and O–H groups in total. The van der Waals surface area contributed by atoms with E-state index in [1.54, 1.807) is 12.1 Å². The second-order valence-corrected chi connectivity index (χ2v) is 6.00. The summed E-state index contributed by atoms with van der Waals surface area (Å²) in [6.07, 6.45) is 2.94. The van der Waals surface area contributed by atoms with E-state index in [0.717, 1.165) is 16.5 Å². The fourth-order valence-electron chi connectivity index (χ4n) is 2.76. The first-order valence-corrected chi connectivity index (χ1v) is 8.26. The third-order valence-electron chi connectivity index (χ3n) is 4.04. The minimum absolute atomic E-state index is 0.107. The third kappa shape index (κ3) is 3.72. The molecule has 5 nitrogen and oxygen atoms in total. The number of aryl methyl sites for hydroxylation is 1. The number of H-pyrrole nitrogens is 1. The zero-order valence-corrected chi connectivity index (χ0v) is 14.8. The van der Waals surface area contributed by atoms with Crippen molar-refractivity contribution in [1.29, 1.82) is 0 Å². The molecule has 0 bridgehead atoms. The normalized spacial score (nSPS) is 10.7. The molecule has 25 heavy (non-hydrogen) atoms. The number of ether oxygens (including phenoxy) is 2. The van der Waals surface area contributed by atoms with Crippen molar-refractivity contribution in [2.24, 2.45) is 0 Å². The Morgan fingerprint density at radius 1 is 1.16 bits per heavy atom. The molecule has 0 fully saturated rings. The summed E-state index contributed by atoms with van der Waals surface area (Å²) in [6, 6.07) is 11.3. The van der Waals surface area contributed by atoms with Gasteiger partial charge in [-0.1, -0.05) is 29.8 Å². The largest absolute Gasteiger partial charge is 0.495 e. The molecule has 1 amide bonds. The minimum Gasteiger partial charge on any atom is -0.495 e. The molecular formula is C19H19ClN2O3. The number of amides is 1. The number of anilines is 1. The van der Waals surface area contributed by atoms with Gasteiger partial charge in [-0.3, -0.25) is 4.79 Å². The van der Waals surface area contributed by atoms with Crippen LogP contribution in [0.4, 0.5) is 5.69 Å². The highest BCUT2D eigenvalue weighted by Crippen LogP contribution is 2.36. The van der Waals surface area contributed by atoms with Gasteiger partial charge in [-0.05, 0) is 24.1 Å². The average Bonchev–Trinajstić information content (AvgIpc) is 3.03. The van der Waals surface area contributed by atoms with Gasteiger partial charge in [0.05, 0.1) is 24.9 Å². The van der Waals surface area contributed by atoms with Crippen LogP contribution in [-0.4, -0.2) is 25.1 Å². The van der Waals surface area contributed by atoms with Crippen molar-refractivity contribution in [3.63, 3.8) is 0 Å². The zero-order valence-electron chi connectivity index (χ0n) is 14.1. The molecular weight excluding hydrogens is 340 g/mol. The number of fused-ring (bicyclic) bond motifs is 1. The van der Waals surface area contributed by atoms with Gasteiger partial charge in [0, 0.05) is 29.6 Å². The summed E-state index contributed by atoms with van der Waals surface area (Å²) in [5.74, 6) is 0.891. The summed E-state index contributed by atoms with van der Waals surface area (Å²) in [5.41, 5.74) is 2.71. The van der Waals surface area contributed by atoms with Crippen molar-refractivity contribution >= 4 is 34.1 Å². The van der Waals surface area contributed by atoms with E-state index in [0.29, 0.717) is 35.1 Å². The first kappa shape index (κ1) is 17.2. The smallest absolute Gasteiger partial charge is 0.224 e. The first-order chi connectivity index (χ1) is 12.1. The van der Waals surface area contributed by atoms with Gasteiger partial charge in [0.15, 0.2) is 0 Å². The van der Waals surface area contributed by atoms with Crippen molar-refractivity contribution in [1.82, 2.24) is 4.98 Å². The number of aromatic nitrogens is 1. The van der Waals surface area contributed by atoms with Crippen LogP contribution in [0.3, 0.4) is 0 Å². The predicted octanol–water partition coefficient (Wildman–Crippen LogP) is 4.41. The number of benzene rings is 2. The molecule has 0 unspecified atom stereocenters. The number of methoxy groups -OCH3 is 2. The monoisotopic (exact) mass is 358 g/mol. The van der Waals surface area contributed by atoms with Crippen LogP contribution >= 0.6 is 11.6 Å². The lowest BCUT2D eigenvalue weighted by molar-refractivity contribution is -0.116. The Balaban J connectivity index is 1.69. The number of halogens is 1. The van der Waals surface area contributed by atoms with Crippen molar-refractivity contribution < 1.29 is 14.3 Å². The number of para-hydroxylation sites is 1. The van der Waals surface area contributed by atoms with Gasteiger partial charge in [0.25, 0.3) is 0 Å². The molecule has 130 valence electrons. The number of carbonyl (C=O) groups is 1. The number of carbonyl (C=O) groups excluding carboxylic acids is 1. The second-order valence-electron chi connectivity index (χ2n) is 5.59. The highest BCUT2D eigenvalue weighted by atomic mass is 35.5. The van der Waals surface area contributed by atoms with Gasteiger partial charge in [-0.2, -0.15) is 0 Å². The Hall–Kier alpha value is -2.66. The zero-order chi connectivity index (χ0) is 17.8. The van der Waals surface area contributed by atoms with Crippen LogP contribution in [0.15, 0.2) is 42.6 Å². The van der Waals surface area contributed by atoms with Gasteiger partial charge in [-0.25, -0.2) is 0 Å². The molecule has 0 saturated carbocycles. The summed E-state index contributed by atoms with van der Waals surface area (Å²) in [5, 5.41) is 4.40. The SMILES string of the molecule is COc1cc(OC)c(NC(=O)CCc2c[nH]c3ccccc23)cc1Cl. The summed E-state index contributed by atoms with van der Waals surface area (Å²) in [7, 11) is 3.06. The van der Waals surface area contributed by atoms with Gasteiger partial charge in [-0.15, -0.1) is 0 Å². The maximum atomic E-state index is 12.3. The highest BCUT2D eigenvalue weighted by Gasteiger charge is 2.13. The summed E-state index contributed by atoms with van der Waals surface area (Å²) < 4.78 is 10.5. The summed E-state index contributed by atoms with van der Waals surface area (Å²) in [6.45, 7) is 0. The molecule has 0 radical (unpaired) electrons. The van der Waals surface area contributed by atoms with E-state index in [1.807, 2.05) is 30.5 Å². The second kappa shape index (κ2) is 7.49. The Morgan fingerprint density at radius 3 is 2.68 bits per heavy atom. The van der Waals surface area contributed by atoms with Gasteiger partial charge < -0.3 is 19.8 Å². The predicted molar refractivity (Wildman–Crippen MR) is 99.8 cm³/mol. The third-order valence-corrected chi connectivity index (χ3v) is 4.34.